The highest BCUT2D eigenvalue weighted by Crippen LogP contribution is 2.40. The second-order valence-electron chi connectivity index (χ2n) is 5.42. The summed E-state index contributed by atoms with van der Waals surface area (Å²) in [7, 11) is 0. The van der Waals surface area contributed by atoms with Crippen molar-refractivity contribution in [1.29, 1.82) is 0 Å². The van der Waals surface area contributed by atoms with Crippen molar-refractivity contribution in [3.63, 3.8) is 0 Å². The summed E-state index contributed by atoms with van der Waals surface area (Å²) in [6, 6.07) is 6.07. The zero-order chi connectivity index (χ0) is 19.9. The van der Waals surface area contributed by atoms with Gasteiger partial charge in [0.05, 0.1) is 35.7 Å². The van der Waals surface area contributed by atoms with Crippen LogP contribution in [-0.4, -0.2) is 16.1 Å². The molecule has 0 saturated heterocycles. The van der Waals surface area contributed by atoms with Gasteiger partial charge in [-0.3, -0.25) is 4.98 Å². The molecule has 0 spiro atoms. The molecule has 1 N–H and O–H groups in total. The van der Waals surface area contributed by atoms with Gasteiger partial charge in [-0.05, 0) is 35.4 Å². The van der Waals surface area contributed by atoms with Crippen molar-refractivity contribution < 1.29 is 9.90 Å². The second-order valence-corrected chi connectivity index (χ2v) is 7.81. The lowest BCUT2D eigenvalue weighted by Crippen LogP contribution is -2.04. The number of hydrogen-bond acceptors (Lipinski definition) is 2. The zero-order valence-corrected chi connectivity index (χ0v) is 17.6. The molecule has 0 bridgehead atoms. The molecular weight excluding hydrogens is 475 g/mol. The van der Waals surface area contributed by atoms with E-state index in [1.807, 2.05) is 0 Å². The van der Waals surface area contributed by atoms with Crippen LogP contribution in [0.15, 0.2) is 36.7 Å². The van der Waals surface area contributed by atoms with E-state index in [0.717, 1.165) is 0 Å². The third-order valence-electron chi connectivity index (χ3n) is 3.75. The van der Waals surface area contributed by atoms with Gasteiger partial charge in [-0.2, -0.15) is 0 Å². The molecular formula is C18H7Cl6NO2. The Morgan fingerprint density at radius 2 is 1.04 bits per heavy atom. The van der Waals surface area contributed by atoms with Crippen molar-refractivity contribution in [2.75, 3.05) is 0 Å². The third-order valence-corrected chi connectivity index (χ3v) is 6.14. The molecule has 0 atom stereocenters. The first-order chi connectivity index (χ1) is 12.7. The minimum absolute atomic E-state index is 0.0195. The normalized spacial score (nSPS) is 10.9. The van der Waals surface area contributed by atoms with Gasteiger partial charge in [0, 0.05) is 23.5 Å². The molecule has 138 valence electrons. The van der Waals surface area contributed by atoms with Crippen LogP contribution in [0.2, 0.25) is 30.1 Å². The molecule has 3 rings (SSSR count). The van der Waals surface area contributed by atoms with Crippen molar-refractivity contribution in [3.05, 3.63) is 72.4 Å². The smallest absolute Gasteiger partial charge is 0.337 e. The highest BCUT2D eigenvalue weighted by molar-refractivity contribution is 6.49. The summed E-state index contributed by atoms with van der Waals surface area (Å²) in [5.41, 5.74) is 1.50. The summed E-state index contributed by atoms with van der Waals surface area (Å²) in [6.45, 7) is 0. The van der Waals surface area contributed by atoms with Gasteiger partial charge < -0.3 is 5.11 Å². The van der Waals surface area contributed by atoms with Crippen LogP contribution in [0.25, 0.3) is 22.3 Å². The molecule has 1 heterocycles. The highest BCUT2D eigenvalue weighted by atomic mass is 35.5. The molecule has 0 amide bonds. The number of aromatic nitrogens is 1. The van der Waals surface area contributed by atoms with Crippen LogP contribution < -0.4 is 0 Å². The highest BCUT2D eigenvalue weighted by Gasteiger charge is 2.21. The molecule has 0 aliphatic heterocycles. The van der Waals surface area contributed by atoms with Crippen LogP contribution in [0, 0.1) is 0 Å². The van der Waals surface area contributed by atoms with E-state index in [1.54, 1.807) is 0 Å². The maximum Gasteiger partial charge on any atom is 0.337 e. The van der Waals surface area contributed by atoms with Gasteiger partial charge in [0.2, 0.25) is 0 Å². The number of carbonyl (C=O) groups is 1. The Labute approximate surface area is 184 Å². The first-order valence-electron chi connectivity index (χ1n) is 7.21. The number of rotatable bonds is 3. The summed E-state index contributed by atoms with van der Waals surface area (Å²) in [4.78, 5) is 16.2. The number of nitrogens with zero attached hydrogens (tertiary/aromatic N) is 1. The number of benzene rings is 2. The molecule has 3 nitrogen and oxygen atoms in total. The Balaban J connectivity index is 2.31. The van der Waals surface area contributed by atoms with E-state index in [9.17, 15) is 9.90 Å². The maximum absolute atomic E-state index is 12.1. The van der Waals surface area contributed by atoms with E-state index in [-0.39, 0.29) is 35.7 Å². The lowest BCUT2D eigenvalue weighted by molar-refractivity contribution is 0.0698. The number of pyridine rings is 1. The molecule has 0 unspecified atom stereocenters. The van der Waals surface area contributed by atoms with E-state index in [2.05, 4.69) is 4.98 Å². The minimum atomic E-state index is -1.17. The quantitative estimate of drug-likeness (QED) is 0.385. The van der Waals surface area contributed by atoms with Gasteiger partial charge in [-0.15, -0.1) is 0 Å². The van der Waals surface area contributed by atoms with Gasteiger partial charge in [0.25, 0.3) is 0 Å². The number of halogens is 6. The minimum Gasteiger partial charge on any atom is -0.478 e. The number of aromatic carboxylic acids is 1. The van der Waals surface area contributed by atoms with Gasteiger partial charge in [0.15, 0.2) is 0 Å². The van der Waals surface area contributed by atoms with Crippen molar-refractivity contribution in [3.8, 4) is 22.3 Å². The van der Waals surface area contributed by atoms with Crippen molar-refractivity contribution in [2.24, 2.45) is 0 Å². The predicted octanol–water partition coefficient (Wildman–Crippen LogP) is 8.03. The molecule has 9 heteroatoms. The number of hydrogen-bond donors (Lipinski definition) is 1. The zero-order valence-electron chi connectivity index (χ0n) is 13.0. The van der Waals surface area contributed by atoms with Crippen molar-refractivity contribution in [1.82, 2.24) is 4.98 Å². The van der Waals surface area contributed by atoms with Crippen LogP contribution in [0.4, 0.5) is 0 Å². The molecule has 0 aliphatic rings. The monoisotopic (exact) mass is 479 g/mol. The van der Waals surface area contributed by atoms with E-state index in [1.165, 1.54) is 36.7 Å². The Hall–Kier alpha value is -1.20. The molecule has 0 fully saturated rings. The fourth-order valence-electron chi connectivity index (χ4n) is 2.55. The van der Waals surface area contributed by atoms with Crippen LogP contribution in [0.3, 0.4) is 0 Å². The first-order valence-corrected chi connectivity index (χ1v) is 9.48. The first kappa shape index (κ1) is 20.5. The summed E-state index contributed by atoms with van der Waals surface area (Å²) >= 11 is 36.3. The lowest BCUT2D eigenvalue weighted by Gasteiger charge is -2.13. The van der Waals surface area contributed by atoms with Gasteiger partial charge in [0.1, 0.15) is 0 Å². The Kier molecular flexibility index (Phi) is 6.11. The van der Waals surface area contributed by atoms with Crippen molar-refractivity contribution in [2.45, 2.75) is 0 Å². The van der Waals surface area contributed by atoms with Crippen LogP contribution in [0.5, 0.6) is 0 Å². The average molecular weight is 482 g/mol. The van der Waals surface area contributed by atoms with Crippen LogP contribution >= 0.6 is 69.6 Å². The number of carboxylic acids is 1. The summed E-state index contributed by atoms with van der Waals surface area (Å²) in [5, 5.41) is 11.0. The predicted molar refractivity (Wildman–Crippen MR) is 112 cm³/mol. The van der Waals surface area contributed by atoms with Crippen LogP contribution in [0.1, 0.15) is 10.4 Å². The Bertz CT molecular complexity index is 962. The van der Waals surface area contributed by atoms with Gasteiger partial charge >= 0.3 is 5.97 Å². The largest absolute Gasteiger partial charge is 0.478 e. The number of carboxylic acid groups (broad SMARTS) is 1. The fourth-order valence-corrected chi connectivity index (χ4v) is 3.74. The Morgan fingerprint density at radius 1 is 0.704 bits per heavy atom. The molecule has 2 aromatic carbocycles. The molecule has 1 aromatic heterocycles. The van der Waals surface area contributed by atoms with E-state index in [4.69, 9.17) is 69.6 Å². The summed E-state index contributed by atoms with van der Waals surface area (Å²) in [6.07, 6.45) is 2.81. The van der Waals surface area contributed by atoms with E-state index < -0.39 is 5.97 Å². The molecule has 0 saturated carbocycles. The van der Waals surface area contributed by atoms with Gasteiger partial charge in [-0.1, -0.05) is 69.6 Å². The maximum atomic E-state index is 12.1. The standard InChI is InChI=1S/C18H7Cl6NO2/c19-11-1-7(2-12(20)16(11)23)9-5-25-6-10(15(9)18(26)27)8-3-13(21)17(24)14(22)4-8/h1-6H,(H,26,27). The lowest BCUT2D eigenvalue weighted by atomic mass is 9.94. The van der Waals surface area contributed by atoms with E-state index >= 15 is 0 Å². The fraction of sp³-hybridized carbons (Fsp3) is 0. The van der Waals surface area contributed by atoms with Crippen LogP contribution in [-0.2, 0) is 0 Å². The second kappa shape index (κ2) is 8.04. The van der Waals surface area contributed by atoms with Crippen molar-refractivity contribution >= 4 is 75.6 Å². The molecule has 27 heavy (non-hydrogen) atoms. The Morgan fingerprint density at radius 3 is 1.33 bits per heavy atom. The molecule has 0 radical (unpaired) electrons. The topological polar surface area (TPSA) is 50.2 Å². The summed E-state index contributed by atoms with van der Waals surface area (Å²) < 4.78 is 0. The van der Waals surface area contributed by atoms with E-state index in [0.29, 0.717) is 22.3 Å². The summed E-state index contributed by atoms with van der Waals surface area (Å²) in [5.74, 6) is -1.17. The molecule has 0 aliphatic carbocycles. The average Bonchev–Trinajstić information content (AvgIpc) is 2.62. The van der Waals surface area contributed by atoms with Gasteiger partial charge in [-0.25, -0.2) is 4.79 Å². The molecule has 3 aromatic rings. The SMILES string of the molecule is O=C(O)c1c(-c2cc(Cl)c(Cl)c(Cl)c2)cncc1-c1cc(Cl)c(Cl)c(Cl)c1. The third kappa shape index (κ3) is 4.00.